The molecule has 3 nitrogen and oxygen atoms in total. The second-order valence-electron chi connectivity index (χ2n) is 5.97. The van der Waals surface area contributed by atoms with Crippen molar-refractivity contribution in [3.63, 3.8) is 0 Å². The van der Waals surface area contributed by atoms with Gasteiger partial charge in [-0.2, -0.15) is 0 Å². The molecule has 0 bridgehead atoms. The molecule has 0 atom stereocenters. The zero-order chi connectivity index (χ0) is 15.9. The van der Waals surface area contributed by atoms with E-state index < -0.39 is 5.60 Å². The van der Waals surface area contributed by atoms with Gasteiger partial charge in [-0.25, -0.2) is 0 Å². The van der Waals surface area contributed by atoms with Crippen molar-refractivity contribution >= 4 is 15.9 Å². The first kappa shape index (κ1) is 18.5. The Balaban J connectivity index is 2.75. The van der Waals surface area contributed by atoms with E-state index in [2.05, 4.69) is 41.2 Å². The van der Waals surface area contributed by atoms with Gasteiger partial charge >= 0.3 is 0 Å². The molecule has 0 aromatic heterocycles. The zero-order valence-corrected chi connectivity index (χ0v) is 15.2. The first-order valence-corrected chi connectivity index (χ1v) is 8.54. The smallest absolute Gasteiger partial charge is 0.138 e. The van der Waals surface area contributed by atoms with Crippen molar-refractivity contribution in [1.29, 1.82) is 0 Å². The molecule has 0 radical (unpaired) electrons. The van der Waals surface area contributed by atoms with Gasteiger partial charge in [0.1, 0.15) is 12.4 Å². The van der Waals surface area contributed by atoms with Crippen LogP contribution in [0.3, 0.4) is 0 Å². The molecular weight excluding hydrogens is 330 g/mol. The molecule has 0 unspecified atom stereocenters. The molecule has 0 heterocycles. The van der Waals surface area contributed by atoms with Crippen molar-refractivity contribution in [1.82, 2.24) is 5.32 Å². The summed E-state index contributed by atoms with van der Waals surface area (Å²) < 4.78 is 6.87. The minimum atomic E-state index is -0.752. The van der Waals surface area contributed by atoms with Gasteiger partial charge in [0.2, 0.25) is 0 Å². The van der Waals surface area contributed by atoms with Crippen LogP contribution in [0.1, 0.15) is 46.1 Å². The summed E-state index contributed by atoms with van der Waals surface area (Å²) in [5, 5.41) is 13.8. The van der Waals surface area contributed by atoms with E-state index in [0.29, 0.717) is 25.4 Å². The lowest BCUT2D eigenvalue weighted by Crippen LogP contribution is -2.34. The third-order valence-electron chi connectivity index (χ3n) is 3.72. The van der Waals surface area contributed by atoms with Gasteiger partial charge in [-0.3, -0.25) is 0 Å². The number of aliphatic hydroxyl groups is 1. The predicted molar refractivity (Wildman–Crippen MR) is 91.7 cm³/mol. The summed E-state index contributed by atoms with van der Waals surface area (Å²) in [6.45, 7) is 10.4. The average molecular weight is 358 g/mol. The fourth-order valence-electron chi connectivity index (χ4n) is 2.01. The van der Waals surface area contributed by atoms with Crippen LogP contribution in [0.15, 0.2) is 22.7 Å². The van der Waals surface area contributed by atoms with E-state index in [1.807, 2.05) is 26.0 Å². The van der Waals surface area contributed by atoms with Crippen LogP contribution >= 0.6 is 15.9 Å². The summed E-state index contributed by atoms with van der Waals surface area (Å²) in [5.41, 5.74) is 0.359. The van der Waals surface area contributed by atoms with E-state index in [1.54, 1.807) is 0 Å². The van der Waals surface area contributed by atoms with Gasteiger partial charge in [0.05, 0.1) is 10.1 Å². The maximum absolute atomic E-state index is 10.4. The van der Waals surface area contributed by atoms with E-state index in [4.69, 9.17) is 4.74 Å². The molecule has 2 N–H and O–H groups in total. The highest BCUT2D eigenvalue weighted by atomic mass is 79.9. The predicted octanol–water partition coefficient (Wildman–Crippen LogP) is 4.12. The molecule has 1 aromatic carbocycles. The van der Waals surface area contributed by atoms with E-state index >= 15 is 0 Å². The number of para-hydroxylation sites is 1. The van der Waals surface area contributed by atoms with Crippen molar-refractivity contribution in [3.05, 3.63) is 28.2 Å². The zero-order valence-electron chi connectivity index (χ0n) is 13.6. The molecule has 0 aliphatic heterocycles. The Hall–Kier alpha value is -0.580. The largest absolute Gasteiger partial charge is 0.489 e. The van der Waals surface area contributed by atoms with Crippen LogP contribution in [-0.4, -0.2) is 23.9 Å². The molecule has 0 saturated carbocycles. The minimum Gasteiger partial charge on any atom is -0.489 e. The van der Waals surface area contributed by atoms with Crippen molar-refractivity contribution in [2.45, 2.75) is 52.7 Å². The van der Waals surface area contributed by atoms with Crippen LogP contribution in [0.5, 0.6) is 5.75 Å². The van der Waals surface area contributed by atoms with E-state index in [0.717, 1.165) is 28.9 Å². The number of benzene rings is 1. The Morgan fingerprint density at radius 2 is 1.95 bits per heavy atom. The standard InChI is InChI=1S/C17H28BrNO2/c1-5-17(20,6-2)12-21-16-14(8-7-9-15(16)18)11-19-10-13(3)4/h7-9,13,19-20H,5-6,10-12H2,1-4H3. The first-order chi connectivity index (χ1) is 9.91. The third kappa shape index (κ3) is 5.97. The van der Waals surface area contributed by atoms with Crippen LogP contribution in [0.4, 0.5) is 0 Å². The SMILES string of the molecule is CCC(O)(CC)COc1c(Br)cccc1CNCC(C)C. The Morgan fingerprint density at radius 1 is 1.29 bits per heavy atom. The van der Waals surface area contributed by atoms with Gasteiger partial charge in [0.15, 0.2) is 0 Å². The molecule has 1 rings (SSSR count). The maximum Gasteiger partial charge on any atom is 0.138 e. The highest BCUT2D eigenvalue weighted by molar-refractivity contribution is 9.10. The second-order valence-corrected chi connectivity index (χ2v) is 6.83. The van der Waals surface area contributed by atoms with Crippen molar-refractivity contribution in [2.24, 2.45) is 5.92 Å². The van der Waals surface area contributed by atoms with Crippen LogP contribution in [-0.2, 0) is 6.54 Å². The van der Waals surface area contributed by atoms with E-state index in [9.17, 15) is 5.11 Å². The fraction of sp³-hybridized carbons (Fsp3) is 0.647. The summed E-state index contributed by atoms with van der Waals surface area (Å²) in [5.74, 6) is 1.45. The Morgan fingerprint density at radius 3 is 2.52 bits per heavy atom. The number of ether oxygens (including phenoxy) is 1. The first-order valence-electron chi connectivity index (χ1n) is 7.75. The Bertz CT molecular complexity index is 431. The van der Waals surface area contributed by atoms with Crippen LogP contribution in [0, 0.1) is 5.92 Å². The van der Waals surface area contributed by atoms with E-state index in [1.165, 1.54) is 0 Å². The lowest BCUT2D eigenvalue weighted by Gasteiger charge is -2.26. The van der Waals surface area contributed by atoms with Crippen molar-refractivity contribution in [3.8, 4) is 5.75 Å². The Labute approximate surface area is 137 Å². The summed E-state index contributed by atoms with van der Waals surface area (Å²) in [4.78, 5) is 0. The van der Waals surface area contributed by atoms with Gasteiger partial charge < -0.3 is 15.2 Å². The van der Waals surface area contributed by atoms with Gasteiger partial charge in [-0.05, 0) is 47.3 Å². The van der Waals surface area contributed by atoms with E-state index in [-0.39, 0.29) is 0 Å². The van der Waals surface area contributed by atoms with Gasteiger partial charge in [0, 0.05) is 12.1 Å². The fourth-order valence-corrected chi connectivity index (χ4v) is 2.53. The highest BCUT2D eigenvalue weighted by Gasteiger charge is 2.24. The van der Waals surface area contributed by atoms with Crippen LogP contribution in [0.25, 0.3) is 0 Å². The lowest BCUT2D eigenvalue weighted by molar-refractivity contribution is -0.0118. The second kappa shape index (κ2) is 8.76. The number of nitrogens with one attached hydrogen (secondary N) is 1. The molecule has 1 aromatic rings. The third-order valence-corrected chi connectivity index (χ3v) is 4.34. The topological polar surface area (TPSA) is 41.5 Å². The molecule has 21 heavy (non-hydrogen) atoms. The molecule has 4 heteroatoms. The molecule has 0 aliphatic rings. The molecule has 120 valence electrons. The quantitative estimate of drug-likeness (QED) is 0.698. The maximum atomic E-state index is 10.4. The number of halogens is 1. The molecule has 0 saturated heterocycles. The highest BCUT2D eigenvalue weighted by Crippen LogP contribution is 2.30. The minimum absolute atomic E-state index is 0.319. The monoisotopic (exact) mass is 357 g/mol. The molecule has 0 spiro atoms. The van der Waals surface area contributed by atoms with Crippen molar-refractivity contribution in [2.75, 3.05) is 13.2 Å². The van der Waals surface area contributed by atoms with Crippen molar-refractivity contribution < 1.29 is 9.84 Å². The van der Waals surface area contributed by atoms with Gasteiger partial charge in [-0.15, -0.1) is 0 Å². The van der Waals surface area contributed by atoms with Gasteiger partial charge in [0.25, 0.3) is 0 Å². The molecule has 0 amide bonds. The summed E-state index contributed by atoms with van der Waals surface area (Å²) in [6.07, 6.45) is 1.38. The normalized spacial score (nSPS) is 12.0. The molecule has 0 aliphatic carbocycles. The molecule has 0 fully saturated rings. The van der Waals surface area contributed by atoms with Crippen LogP contribution < -0.4 is 10.1 Å². The number of hydrogen-bond acceptors (Lipinski definition) is 3. The van der Waals surface area contributed by atoms with Crippen LogP contribution in [0.2, 0.25) is 0 Å². The number of rotatable bonds is 9. The Kier molecular flexibility index (Phi) is 7.71. The van der Waals surface area contributed by atoms with Gasteiger partial charge in [-0.1, -0.05) is 39.8 Å². The summed E-state index contributed by atoms with van der Waals surface area (Å²) in [7, 11) is 0. The summed E-state index contributed by atoms with van der Waals surface area (Å²) in [6, 6.07) is 6.04. The average Bonchev–Trinajstić information content (AvgIpc) is 2.46. The number of hydrogen-bond donors (Lipinski definition) is 2. The lowest BCUT2D eigenvalue weighted by atomic mass is 9.99. The summed E-state index contributed by atoms with van der Waals surface area (Å²) >= 11 is 3.55. The molecular formula is C17H28BrNO2.